The Bertz CT molecular complexity index is 1160. The molecular weight excluding hydrogens is 467 g/mol. The maximum Gasteiger partial charge on any atom is 0.259 e. The quantitative estimate of drug-likeness (QED) is 0.535. The molecule has 1 aromatic heterocycles. The molecular formula is C22H22Cl2N6O3. The summed E-state index contributed by atoms with van der Waals surface area (Å²) in [5.74, 6) is -0.431. The molecule has 0 radical (unpaired) electrons. The van der Waals surface area contributed by atoms with Crippen molar-refractivity contribution in [1.29, 1.82) is 0 Å². The first kappa shape index (κ1) is 23.0. The number of nitrogens with zero attached hydrogens (tertiary/aromatic N) is 4. The summed E-state index contributed by atoms with van der Waals surface area (Å²) in [5, 5.41) is 17.4. The number of anilines is 1. The molecule has 4 rings (SSSR count). The maximum atomic E-state index is 13.0. The zero-order chi connectivity index (χ0) is 23.4. The second kappa shape index (κ2) is 10.2. The standard InChI is InChI=1S/C22H22Cl2N6O3/c1-33-20-11-19(30-12-25-28-29-30)18(24)10-16(20)22(32)27-14-7-8-17(23)15(9-14)21(31)26-13-5-3-2-4-6-13/h7-13H,2-6H2,1H3,(H,26,31)(H,27,32). The van der Waals surface area contributed by atoms with E-state index in [1.807, 2.05) is 0 Å². The number of hydrogen-bond acceptors (Lipinski definition) is 6. The molecule has 1 fully saturated rings. The van der Waals surface area contributed by atoms with Crippen molar-refractivity contribution in [2.45, 2.75) is 38.1 Å². The highest BCUT2D eigenvalue weighted by Crippen LogP contribution is 2.30. The van der Waals surface area contributed by atoms with E-state index >= 15 is 0 Å². The first-order valence-corrected chi connectivity index (χ1v) is 11.2. The highest BCUT2D eigenvalue weighted by Gasteiger charge is 2.21. The van der Waals surface area contributed by atoms with Crippen molar-refractivity contribution in [1.82, 2.24) is 25.5 Å². The molecule has 1 heterocycles. The number of ether oxygens (including phenoxy) is 1. The van der Waals surface area contributed by atoms with Gasteiger partial charge in [0.2, 0.25) is 0 Å². The molecule has 1 aliphatic rings. The van der Waals surface area contributed by atoms with Crippen molar-refractivity contribution in [3.63, 3.8) is 0 Å². The van der Waals surface area contributed by atoms with Gasteiger partial charge in [-0.3, -0.25) is 9.59 Å². The van der Waals surface area contributed by atoms with E-state index in [1.165, 1.54) is 30.6 Å². The van der Waals surface area contributed by atoms with Crippen LogP contribution in [0.2, 0.25) is 10.0 Å². The van der Waals surface area contributed by atoms with Crippen molar-refractivity contribution in [3.05, 3.63) is 57.8 Å². The Morgan fingerprint density at radius 2 is 1.82 bits per heavy atom. The third-order valence-electron chi connectivity index (χ3n) is 5.52. The van der Waals surface area contributed by atoms with Crippen LogP contribution in [0.15, 0.2) is 36.7 Å². The minimum Gasteiger partial charge on any atom is -0.496 e. The van der Waals surface area contributed by atoms with Crippen molar-refractivity contribution >= 4 is 40.7 Å². The number of amides is 2. The van der Waals surface area contributed by atoms with E-state index in [4.69, 9.17) is 27.9 Å². The van der Waals surface area contributed by atoms with E-state index in [0.29, 0.717) is 22.0 Å². The second-order valence-electron chi connectivity index (χ2n) is 7.72. The lowest BCUT2D eigenvalue weighted by Gasteiger charge is -2.23. The van der Waals surface area contributed by atoms with Crippen molar-refractivity contribution in [2.24, 2.45) is 0 Å². The predicted octanol–water partition coefficient (Wildman–Crippen LogP) is 4.29. The van der Waals surface area contributed by atoms with Crippen LogP contribution in [-0.4, -0.2) is 45.2 Å². The molecule has 3 aromatic rings. The van der Waals surface area contributed by atoms with Crippen LogP contribution in [-0.2, 0) is 0 Å². The van der Waals surface area contributed by atoms with Crippen molar-refractivity contribution in [2.75, 3.05) is 12.4 Å². The number of tetrazole rings is 1. The van der Waals surface area contributed by atoms with Gasteiger partial charge in [0.25, 0.3) is 11.8 Å². The molecule has 0 aliphatic heterocycles. The fourth-order valence-corrected chi connectivity index (χ4v) is 4.28. The predicted molar refractivity (Wildman–Crippen MR) is 124 cm³/mol. The van der Waals surface area contributed by atoms with Crippen LogP contribution in [0.1, 0.15) is 52.8 Å². The normalized spacial score (nSPS) is 14.0. The largest absolute Gasteiger partial charge is 0.496 e. The Labute approximate surface area is 200 Å². The lowest BCUT2D eigenvalue weighted by Crippen LogP contribution is -2.36. The Morgan fingerprint density at radius 1 is 1.03 bits per heavy atom. The number of benzene rings is 2. The highest BCUT2D eigenvalue weighted by molar-refractivity contribution is 6.34. The van der Waals surface area contributed by atoms with Crippen LogP contribution in [0.4, 0.5) is 5.69 Å². The van der Waals surface area contributed by atoms with Crippen LogP contribution < -0.4 is 15.4 Å². The average molecular weight is 489 g/mol. The van der Waals surface area contributed by atoms with Crippen molar-refractivity contribution in [3.8, 4) is 11.4 Å². The number of halogens is 2. The Kier molecular flexibility index (Phi) is 7.10. The van der Waals surface area contributed by atoms with E-state index in [-0.39, 0.29) is 28.3 Å². The van der Waals surface area contributed by atoms with Gasteiger partial charge < -0.3 is 15.4 Å². The Morgan fingerprint density at radius 3 is 2.52 bits per heavy atom. The average Bonchev–Trinajstić information content (AvgIpc) is 3.35. The molecule has 0 unspecified atom stereocenters. The third-order valence-corrected chi connectivity index (χ3v) is 6.15. The molecule has 33 heavy (non-hydrogen) atoms. The van der Waals surface area contributed by atoms with E-state index in [1.54, 1.807) is 24.3 Å². The minimum atomic E-state index is -0.460. The number of nitrogens with one attached hydrogen (secondary N) is 2. The van der Waals surface area contributed by atoms with E-state index in [2.05, 4.69) is 26.2 Å². The molecule has 1 saturated carbocycles. The van der Waals surface area contributed by atoms with Gasteiger partial charge >= 0.3 is 0 Å². The minimum absolute atomic E-state index is 0.144. The molecule has 2 N–H and O–H groups in total. The highest BCUT2D eigenvalue weighted by atomic mass is 35.5. The van der Waals surface area contributed by atoms with Crippen LogP contribution in [0, 0.1) is 0 Å². The lowest BCUT2D eigenvalue weighted by atomic mass is 9.95. The molecule has 2 amide bonds. The fraction of sp³-hybridized carbons (Fsp3) is 0.318. The third kappa shape index (κ3) is 5.26. The summed E-state index contributed by atoms with van der Waals surface area (Å²) in [4.78, 5) is 25.8. The van der Waals surface area contributed by atoms with Crippen LogP contribution in [0.5, 0.6) is 5.75 Å². The van der Waals surface area contributed by atoms with Gasteiger partial charge in [0, 0.05) is 17.8 Å². The summed E-state index contributed by atoms with van der Waals surface area (Å²) >= 11 is 12.6. The van der Waals surface area contributed by atoms with E-state index in [0.717, 1.165) is 25.7 Å². The topological polar surface area (TPSA) is 111 Å². The number of rotatable bonds is 6. The summed E-state index contributed by atoms with van der Waals surface area (Å²) in [5.41, 5.74) is 1.39. The van der Waals surface area contributed by atoms with Gasteiger partial charge in [0.1, 0.15) is 12.1 Å². The van der Waals surface area contributed by atoms with Gasteiger partial charge in [-0.05, 0) is 47.5 Å². The van der Waals surface area contributed by atoms with Crippen molar-refractivity contribution < 1.29 is 14.3 Å². The fourth-order valence-electron chi connectivity index (χ4n) is 3.82. The Hall–Kier alpha value is -3.17. The zero-order valence-corrected chi connectivity index (χ0v) is 19.4. The van der Waals surface area contributed by atoms with Gasteiger partial charge in [-0.15, -0.1) is 5.10 Å². The monoisotopic (exact) mass is 488 g/mol. The Balaban J connectivity index is 1.54. The zero-order valence-electron chi connectivity index (χ0n) is 17.8. The van der Waals surface area contributed by atoms with E-state index in [9.17, 15) is 9.59 Å². The summed E-state index contributed by atoms with van der Waals surface area (Å²) in [6.45, 7) is 0. The van der Waals surface area contributed by atoms with Gasteiger partial charge in [-0.2, -0.15) is 4.68 Å². The number of aromatic nitrogens is 4. The first-order chi connectivity index (χ1) is 16.0. The molecule has 172 valence electrons. The summed E-state index contributed by atoms with van der Waals surface area (Å²) in [6, 6.07) is 7.95. The van der Waals surface area contributed by atoms with E-state index < -0.39 is 5.91 Å². The first-order valence-electron chi connectivity index (χ1n) is 10.5. The summed E-state index contributed by atoms with van der Waals surface area (Å²) in [7, 11) is 1.44. The molecule has 2 aromatic carbocycles. The van der Waals surface area contributed by atoms with Crippen LogP contribution >= 0.6 is 23.2 Å². The number of carbonyl (C=O) groups is 2. The number of carbonyl (C=O) groups excluding carboxylic acids is 2. The second-order valence-corrected chi connectivity index (χ2v) is 8.53. The van der Waals surface area contributed by atoms with Gasteiger partial charge in [0.05, 0.1) is 34.0 Å². The molecule has 11 heteroatoms. The number of methoxy groups -OCH3 is 1. The van der Waals surface area contributed by atoms with Gasteiger partial charge in [-0.25, -0.2) is 0 Å². The van der Waals surface area contributed by atoms with Gasteiger partial charge in [0.15, 0.2) is 0 Å². The molecule has 1 aliphatic carbocycles. The van der Waals surface area contributed by atoms with Gasteiger partial charge in [-0.1, -0.05) is 42.5 Å². The molecule has 0 atom stereocenters. The molecule has 0 spiro atoms. The van der Waals surface area contributed by atoms with Crippen LogP contribution in [0.3, 0.4) is 0 Å². The van der Waals surface area contributed by atoms with Crippen LogP contribution in [0.25, 0.3) is 5.69 Å². The SMILES string of the molecule is COc1cc(-n2cnnn2)c(Cl)cc1C(=O)Nc1ccc(Cl)c(C(=O)NC2CCCCC2)c1. The smallest absolute Gasteiger partial charge is 0.259 e. The molecule has 9 nitrogen and oxygen atoms in total. The lowest BCUT2D eigenvalue weighted by molar-refractivity contribution is 0.0926. The number of hydrogen-bond donors (Lipinski definition) is 2. The molecule has 0 bridgehead atoms. The maximum absolute atomic E-state index is 13.0. The summed E-state index contributed by atoms with van der Waals surface area (Å²) in [6.07, 6.45) is 6.70. The molecule has 0 saturated heterocycles. The summed E-state index contributed by atoms with van der Waals surface area (Å²) < 4.78 is 6.74.